The summed E-state index contributed by atoms with van der Waals surface area (Å²) >= 11 is 0. The van der Waals surface area contributed by atoms with Gasteiger partial charge in [0.2, 0.25) is 5.91 Å². The molecule has 96 valence electrons. The lowest BCUT2D eigenvalue weighted by Crippen LogP contribution is -2.35. The van der Waals surface area contributed by atoms with Crippen LogP contribution in [0.5, 0.6) is 0 Å². The van der Waals surface area contributed by atoms with Gasteiger partial charge in [0, 0.05) is 18.3 Å². The van der Waals surface area contributed by atoms with Crippen molar-refractivity contribution >= 4 is 17.3 Å². The molecule has 1 amide bonds. The third-order valence-corrected chi connectivity index (χ3v) is 3.48. The van der Waals surface area contributed by atoms with Crippen molar-refractivity contribution in [1.82, 2.24) is 9.97 Å². The topological polar surface area (TPSA) is 46.1 Å². The van der Waals surface area contributed by atoms with E-state index in [1.165, 1.54) is 0 Å². The minimum atomic E-state index is 0.139. The third kappa shape index (κ3) is 2.34. The monoisotopic (exact) mass is 253 g/mol. The highest BCUT2D eigenvalue weighted by Crippen LogP contribution is 2.33. The summed E-state index contributed by atoms with van der Waals surface area (Å²) in [7, 11) is 0. The fourth-order valence-electron chi connectivity index (χ4n) is 2.21. The molecule has 2 heterocycles. The predicted molar refractivity (Wildman–Crippen MR) is 73.0 cm³/mol. The fourth-order valence-corrected chi connectivity index (χ4v) is 2.21. The highest BCUT2D eigenvalue weighted by molar-refractivity contribution is 6.01. The summed E-state index contributed by atoms with van der Waals surface area (Å²) in [5, 5.41) is 0. The smallest absolute Gasteiger partial charge is 0.234 e. The predicted octanol–water partition coefficient (Wildman–Crippen LogP) is 2.94. The number of pyridine rings is 2. The summed E-state index contributed by atoms with van der Waals surface area (Å²) in [4.78, 5) is 22.5. The summed E-state index contributed by atoms with van der Waals surface area (Å²) in [6.07, 6.45) is 9.95. The van der Waals surface area contributed by atoms with E-state index in [0.29, 0.717) is 0 Å². The Hall–Kier alpha value is -2.23. The molecule has 0 aliphatic heterocycles. The van der Waals surface area contributed by atoms with Gasteiger partial charge in [-0.1, -0.05) is 6.42 Å². The molecule has 1 aliphatic rings. The second-order valence-corrected chi connectivity index (χ2v) is 4.72. The number of amides is 1. The molecule has 1 fully saturated rings. The Morgan fingerprint density at radius 1 is 1.05 bits per heavy atom. The number of hydrogen-bond donors (Lipinski definition) is 0. The molecule has 0 bridgehead atoms. The Kier molecular flexibility index (Phi) is 3.23. The Morgan fingerprint density at radius 3 is 2.00 bits per heavy atom. The Morgan fingerprint density at radius 2 is 1.63 bits per heavy atom. The van der Waals surface area contributed by atoms with Crippen molar-refractivity contribution in [1.29, 1.82) is 0 Å². The second kappa shape index (κ2) is 5.18. The van der Waals surface area contributed by atoms with Gasteiger partial charge in [0.05, 0.1) is 23.8 Å². The van der Waals surface area contributed by atoms with Gasteiger partial charge in [-0.25, -0.2) is 0 Å². The van der Waals surface area contributed by atoms with Crippen molar-refractivity contribution in [3.05, 3.63) is 49.1 Å². The van der Waals surface area contributed by atoms with Gasteiger partial charge >= 0.3 is 0 Å². The van der Waals surface area contributed by atoms with Crippen molar-refractivity contribution in [2.45, 2.75) is 19.3 Å². The number of carbonyl (C=O) groups is 1. The van der Waals surface area contributed by atoms with Crippen molar-refractivity contribution in [3.8, 4) is 0 Å². The second-order valence-electron chi connectivity index (χ2n) is 4.72. The van der Waals surface area contributed by atoms with Gasteiger partial charge in [-0.2, -0.15) is 0 Å². The van der Waals surface area contributed by atoms with Gasteiger partial charge < -0.3 is 0 Å². The molecule has 4 heteroatoms. The van der Waals surface area contributed by atoms with E-state index >= 15 is 0 Å². The molecule has 0 aromatic carbocycles. The van der Waals surface area contributed by atoms with E-state index in [2.05, 4.69) is 9.97 Å². The van der Waals surface area contributed by atoms with Crippen LogP contribution in [0.3, 0.4) is 0 Å². The van der Waals surface area contributed by atoms with Crippen LogP contribution in [0.1, 0.15) is 19.3 Å². The average Bonchev–Trinajstić information content (AvgIpc) is 2.39. The van der Waals surface area contributed by atoms with E-state index in [9.17, 15) is 4.79 Å². The number of nitrogens with zero attached hydrogens (tertiary/aromatic N) is 3. The zero-order chi connectivity index (χ0) is 13.1. The third-order valence-electron chi connectivity index (χ3n) is 3.48. The van der Waals surface area contributed by atoms with E-state index in [0.717, 1.165) is 30.6 Å². The quantitative estimate of drug-likeness (QED) is 0.844. The van der Waals surface area contributed by atoms with Gasteiger partial charge in [-0.05, 0) is 37.1 Å². The van der Waals surface area contributed by atoms with Gasteiger partial charge in [-0.3, -0.25) is 19.7 Å². The van der Waals surface area contributed by atoms with Crippen LogP contribution < -0.4 is 4.90 Å². The summed E-state index contributed by atoms with van der Waals surface area (Å²) in [5.74, 6) is 0.285. The van der Waals surface area contributed by atoms with E-state index in [1.54, 1.807) is 29.7 Å². The van der Waals surface area contributed by atoms with Crippen molar-refractivity contribution < 1.29 is 4.79 Å². The molecular weight excluding hydrogens is 238 g/mol. The minimum Gasteiger partial charge on any atom is -0.278 e. The van der Waals surface area contributed by atoms with Crippen LogP contribution in [0, 0.1) is 5.92 Å². The SMILES string of the molecule is O=C(C1CCC1)N(c1cccnc1)c1cccnc1. The summed E-state index contributed by atoms with van der Waals surface area (Å²) in [6.45, 7) is 0. The van der Waals surface area contributed by atoms with E-state index in [1.807, 2.05) is 24.3 Å². The molecule has 2 aromatic rings. The number of carbonyl (C=O) groups excluding carboxylic acids is 1. The molecule has 19 heavy (non-hydrogen) atoms. The summed E-state index contributed by atoms with van der Waals surface area (Å²) in [5.41, 5.74) is 1.60. The first-order valence-electron chi connectivity index (χ1n) is 6.50. The number of rotatable bonds is 3. The van der Waals surface area contributed by atoms with Crippen LogP contribution in [0.15, 0.2) is 49.1 Å². The molecule has 0 unspecified atom stereocenters. The highest BCUT2D eigenvalue weighted by Gasteiger charge is 2.31. The lowest BCUT2D eigenvalue weighted by atomic mass is 9.84. The standard InChI is InChI=1S/C15H15N3O/c19-15(12-4-1-5-12)18(13-6-2-8-16-10-13)14-7-3-9-17-11-14/h2-3,6-12H,1,4-5H2. The first-order chi connectivity index (χ1) is 9.36. The van der Waals surface area contributed by atoms with Gasteiger partial charge in [-0.15, -0.1) is 0 Å². The van der Waals surface area contributed by atoms with E-state index in [-0.39, 0.29) is 11.8 Å². The molecule has 2 aromatic heterocycles. The lowest BCUT2D eigenvalue weighted by molar-refractivity contribution is -0.123. The summed E-state index contributed by atoms with van der Waals surface area (Å²) in [6, 6.07) is 7.48. The number of anilines is 2. The molecule has 4 nitrogen and oxygen atoms in total. The molecule has 0 spiro atoms. The normalized spacial score (nSPS) is 14.7. The fraction of sp³-hybridized carbons (Fsp3) is 0.267. The van der Waals surface area contributed by atoms with Crippen molar-refractivity contribution in [2.24, 2.45) is 5.92 Å². The Balaban J connectivity index is 1.98. The van der Waals surface area contributed by atoms with Crippen LogP contribution >= 0.6 is 0 Å². The Labute approximate surface area is 112 Å². The first-order valence-corrected chi connectivity index (χ1v) is 6.50. The molecule has 3 rings (SSSR count). The van der Waals surface area contributed by atoms with Crippen molar-refractivity contribution in [3.63, 3.8) is 0 Å². The molecule has 0 radical (unpaired) electrons. The van der Waals surface area contributed by atoms with Crippen LogP contribution in [0.25, 0.3) is 0 Å². The Bertz CT molecular complexity index is 513. The molecule has 0 N–H and O–H groups in total. The maximum absolute atomic E-state index is 12.6. The molecule has 1 aliphatic carbocycles. The maximum Gasteiger partial charge on any atom is 0.234 e. The van der Waals surface area contributed by atoms with E-state index in [4.69, 9.17) is 0 Å². The number of hydrogen-bond acceptors (Lipinski definition) is 3. The van der Waals surface area contributed by atoms with Crippen LogP contribution in [0.2, 0.25) is 0 Å². The number of aromatic nitrogens is 2. The van der Waals surface area contributed by atoms with E-state index < -0.39 is 0 Å². The maximum atomic E-state index is 12.6. The van der Waals surface area contributed by atoms with Crippen LogP contribution in [-0.4, -0.2) is 15.9 Å². The van der Waals surface area contributed by atoms with Gasteiger partial charge in [0.1, 0.15) is 0 Å². The minimum absolute atomic E-state index is 0.139. The molecular formula is C15H15N3O. The summed E-state index contributed by atoms with van der Waals surface area (Å²) < 4.78 is 0. The molecule has 0 atom stereocenters. The lowest BCUT2D eigenvalue weighted by Gasteiger charge is -2.31. The first kappa shape index (κ1) is 11.8. The highest BCUT2D eigenvalue weighted by atomic mass is 16.2. The average molecular weight is 253 g/mol. The van der Waals surface area contributed by atoms with Crippen LogP contribution in [0.4, 0.5) is 11.4 Å². The molecule has 1 saturated carbocycles. The van der Waals surface area contributed by atoms with Gasteiger partial charge in [0.15, 0.2) is 0 Å². The van der Waals surface area contributed by atoms with Gasteiger partial charge in [0.25, 0.3) is 0 Å². The van der Waals surface area contributed by atoms with Crippen molar-refractivity contribution in [2.75, 3.05) is 4.90 Å². The van der Waals surface area contributed by atoms with Crippen LogP contribution in [-0.2, 0) is 4.79 Å². The largest absolute Gasteiger partial charge is 0.278 e. The zero-order valence-electron chi connectivity index (χ0n) is 10.6. The zero-order valence-corrected chi connectivity index (χ0v) is 10.6. The molecule has 0 saturated heterocycles.